The van der Waals surface area contributed by atoms with Crippen LogP contribution in [-0.2, 0) is 19.1 Å². The molecule has 1 heterocycles. The molecule has 10 nitrogen and oxygen atoms in total. The lowest BCUT2D eigenvalue weighted by Gasteiger charge is -2.36. The maximum absolute atomic E-state index is 12.8. The van der Waals surface area contributed by atoms with Crippen molar-refractivity contribution in [3.8, 4) is 0 Å². The van der Waals surface area contributed by atoms with Crippen LogP contribution in [0.3, 0.4) is 0 Å². The Bertz CT molecular complexity index is 858. The second kappa shape index (κ2) is 8.93. The molecule has 1 saturated carbocycles. The van der Waals surface area contributed by atoms with Gasteiger partial charge in [0, 0.05) is 5.56 Å². The minimum absolute atomic E-state index is 0.0253. The topological polar surface area (TPSA) is 134 Å². The molecular weight excluding hydrogens is 392 g/mol. The number of hydrazine groups is 1. The van der Waals surface area contributed by atoms with Gasteiger partial charge in [0.15, 0.2) is 6.61 Å². The van der Waals surface area contributed by atoms with E-state index < -0.39 is 48.4 Å². The van der Waals surface area contributed by atoms with Crippen molar-refractivity contribution in [1.29, 1.82) is 0 Å². The number of carbonyl (C=O) groups is 5. The van der Waals surface area contributed by atoms with E-state index in [9.17, 15) is 24.0 Å². The minimum Gasteiger partial charge on any atom is -0.454 e. The van der Waals surface area contributed by atoms with E-state index in [1.165, 1.54) is 0 Å². The Morgan fingerprint density at radius 1 is 1.17 bits per heavy atom. The molecular formula is C20H24N4O6. The normalized spacial score (nSPS) is 23.1. The number of amides is 5. The van der Waals surface area contributed by atoms with Crippen molar-refractivity contribution in [1.82, 2.24) is 21.1 Å². The fraction of sp³-hybridized carbons (Fsp3) is 0.450. The van der Waals surface area contributed by atoms with E-state index in [1.54, 1.807) is 30.3 Å². The number of imide groups is 1. The molecule has 1 spiro atoms. The van der Waals surface area contributed by atoms with Crippen LogP contribution in [0.15, 0.2) is 30.3 Å². The molecule has 1 saturated heterocycles. The summed E-state index contributed by atoms with van der Waals surface area (Å²) in [7, 11) is 0. The third kappa shape index (κ3) is 4.42. The molecule has 0 aromatic heterocycles. The summed E-state index contributed by atoms with van der Waals surface area (Å²) in [5, 5.41) is 2.74. The highest BCUT2D eigenvalue weighted by Gasteiger charge is 2.55. The number of hydrogen-bond acceptors (Lipinski definition) is 6. The summed E-state index contributed by atoms with van der Waals surface area (Å²) in [6.45, 7) is 0.662. The average molecular weight is 416 g/mol. The second-order valence-electron chi connectivity index (χ2n) is 7.47. The van der Waals surface area contributed by atoms with Gasteiger partial charge in [-0.15, -0.1) is 0 Å². The van der Waals surface area contributed by atoms with Crippen LogP contribution in [0.1, 0.15) is 43.0 Å². The minimum atomic E-state index is -0.964. The van der Waals surface area contributed by atoms with Gasteiger partial charge in [-0.1, -0.05) is 38.0 Å². The molecule has 1 aliphatic heterocycles. The van der Waals surface area contributed by atoms with Crippen molar-refractivity contribution in [3.63, 3.8) is 0 Å². The van der Waals surface area contributed by atoms with Crippen LogP contribution in [0.4, 0.5) is 4.79 Å². The predicted octanol–water partition coefficient (Wildman–Crippen LogP) is 0.492. The van der Waals surface area contributed by atoms with E-state index in [0.717, 1.165) is 24.2 Å². The summed E-state index contributed by atoms with van der Waals surface area (Å²) in [6, 6.07) is 7.60. The Balaban J connectivity index is 1.45. The summed E-state index contributed by atoms with van der Waals surface area (Å²) >= 11 is 0. The lowest BCUT2D eigenvalue weighted by Crippen LogP contribution is -2.54. The van der Waals surface area contributed by atoms with Gasteiger partial charge in [-0.05, 0) is 30.9 Å². The van der Waals surface area contributed by atoms with Gasteiger partial charge in [0.05, 0.1) is 0 Å². The number of hydrogen-bond donors (Lipinski definition) is 3. The van der Waals surface area contributed by atoms with E-state index in [2.05, 4.69) is 16.2 Å². The number of nitrogens with one attached hydrogen (secondary N) is 3. The van der Waals surface area contributed by atoms with E-state index >= 15 is 0 Å². The van der Waals surface area contributed by atoms with E-state index in [1.807, 2.05) is 6.92 Å². The Morgan fingerprint density at radius 3 is 2.60 bits per heavy atom. The van der Waals surface area contributed by atoms with Gasteiger partial charge in [0.2, 0.25) is 0 Å². The third-order valence-corrected chi connectivity index (χ3v) is 5.50. The fourth-order valence-electron chi connectivity index (χ4n) is 3.78. The first-order valence-electron chi connectivity index (χ1n) is 9.77. The van der Waals surface area contributed by atoms with Crippen molar-refractivity contribution in [2.75, 3.05) is 13.2 Å². The molecule has 1 aromatic carbocycles. The Labute approximate surface area is 173 Å². The zero-order valence-electron chi connectivity index (χ0n) is 16.6. The number of benzene rings is 1. The van der Waals surface area contributed by atoms with Crippen LogP contribution >= 0.6 is 0 Å². The standard InChI is InChI=1S/C20H24N4O6/c1-13-7-5-6-10-20(13)18(28)24(19(29)21-20)11-16(26)30-12-15(25)22-23-17(27)14-8-3-2-4-9-14/h2-4,8-9,13H,5-7,10-12H2,1H3,(H,21,29)(H,22,25)(H,23,27)/t13-,20+/m0/s1. The molecule has 2 atom stereocenters. The molecule has 10 heteroatoms. The largest absolute Gasteiger partial charge is 0.454 e. The van der Waals surface area contributed by atoms with E-state index in [0.29, 0.717) is 12.0 Å². The smallest absolute Gasteiger partial charge is 0.326 e. The average Bonchev–Trinajstić information content (AvgIpc) is 2.98. The number of nitrogens with zero attached hydrogens (tertiary/aromatic N) is 1. The highest BCUT2D eigenvalue weighted by Crippen LogP contribution is 2.38. The molecule has 3 rings (SSSR count). The Kier molecular flexibility index (Phi) is 6.34. The SMILES string of the molecule is C[C@H]1CCCC[C@@]12NC(=O)N(CC(=O)OCC(=O)NNC(=O)c1ccccc1)C2=O. The van der Waals surface area contributed by atoms with Crippen LogP contribution in [0.5, 0.6) is 0 Å². The lowest BCUT2D eigenvalue weighted by atomic mass is 9.73. The number of esters is 1. The van der Waals surface area contributed by atoms with Crippen molar-refractivity contribution < 1.29 is 28.7 Å². The van der Waals surface area contributed by atoms with E-state index in [-0.39, 0.29) is 5.92 Å². The van der Waals surface area contributed by atoms with Crippen LogP contribution in [0.2, 0.25) is 0 Å². The molecule has 1 aliphatic carbocycles. The summed E-state index contributed by atoms with van der Waals surface area (Å²) in [5.41, 5.74) is 3.70. The van der Waals surface area contributed by atoms with Crippen molar-refractivity contribution >= 4 is 29.7 Å². The van der Waals surface area contributed by atoms with Crippen molar-refractivity contribution in [2.24, 2.45) is 5.92 Å². The predicted molar refractivity (Wildman–Crippen MR) is 104 cm³/mol. The van der Waals surface area contributed by atoms with Crippen LogP contribution < -0.4 is 16.2 Å². The first-order valence-corrected chi connectivity index (χ1v) is 9.77. The summed E-state index contributed by atoms with van der Waals surface area (Å²) in [4.78, 5) is 61.5. The third-order valence-electron chi connectivity index (χ3n) is 5.50. The van der Waals surface area contributed by atoms with Crippen LogP contribution in [0, 0.1) is 5.92 Å². The molecule has 0 bridgehead atoms. The molecule has 160 valence electrons. The second-order valence-corrected chi connectivity index (χ2v) is 7.47. The quantitative estimate of drug-likeness (QED) is 0.363. The van der Waals surface area contributed by atoms with Crippen LogP contribution in [0.25, 0.3) is 0 Å². The van der Waals surface area contributed by atoms with Crippen molar-refractivity contribution in [3.05, 3.63) is 35.9 Å². The lowest BCUT2D eigenvalue weighted by molar-refractivity contribution is -0.151. The number of ether oxygens (including phenoxy) is 1. The number of rotatable bonds is 5. The molecule has 0 radical (unpaired) electrons. The summed E-state index contributed by atoms with van der Waals surface area (Å²) < 4.78 is 4.83. The van der Waals surface area contributed by atoms with Gasteiger partial charge in [0.1, 0.15) is 12.1 Å². The van der Waals surface area contributed by atoms with E-state index in [4.69, 9.17) is 4.74 Å². The summed E-state index contributed by atoms with van der Waals surface area (Å²) in [6.07, 6.45) is 3.17. The van der Waals surface area contributed by atoms with Gasteiger partial charge < -0.3 is 10.1 Å². The van der Waals surface area contributed by atoms with Gasteiger partial charge in [0.25, 0.3) is 17.7 Å². The van der Waals surface area contributed by atoms with Gasteiger partial charge in [-0.2, -0.15) is 0 Å². The van der Waals surface area contributed by atoms with Gasteiger partial charge >= 0.3 is 12.0 Å². The zero-order valence-corrected chi connectivity index (χ0v) is 16.6. The Morgan fingerprint density at radius 2 is 1.90 bits per heavy atom. The molecule has 2 fully saturated rings. The molecule has 5 amide bonds. The van der Waals surface area contributed by atoms with Crippen LogP contribution in [-0.4, -0.2) is 53.3 Å². The molecule has 1 aromatic rings. The number of urea groups is 1. The highest BCUT2D eigenvalue weighted by atomic mass is 16.5. The maximum Gasteiger partial charge on any atom is 0.326 e. The maximum atomic E-state index is 12.8. The fourth-order valence-corrected chi connectivity index (χ4v) is 3.78. The molecule has 2 aliphatic rings. The first-order chi connectivity index (χ1) is 14.3. The summed E-state index contributed by atoms with van der Waals surface area (Å²) in [5.74, 6) is -2.65. The monoisotopic (exact) mass is 416 g/mol. The van der Waals surface area contributed by atoms with Crippen molar-refractivity contribution in [2.45, 2.75) is 38.1 Å². The highest BCUT2D eigenvalue weighted by molar-refractivity contribution is 6.09. The first kappa shape index (κ1) is 21.3. The molecule has 3 N–H and O–H groups in total. The molecule has 0 unspecified atom stereocenters. The molecule has 30 heavy (non-hydrogen) atoms. The van der Waals surface area contributed by atoms with Gasteiger partial charge in [-0.25, -0.2) is 4.79 Å². The Hall–Kier alpha value is -3.43. The van der Waals surface area contributed by atoms with Gasteiger partial charge in [-0.3, -0.25) is 34.9 Å². The number of carbonyl (C=O) groups excluding carboxylic acids is 5. The zero-order chi connectivity index (χ0) is 21.7.